The number of rotatable bonds is 2. The lowest BCUT2D eigenvalue weighted by Gasteiger charge is -2.37. The molecule has 1 aliphatic heterocycles. The summed E-state index contributed by atoms with van der Waals surface area (Å²) in [7, 11) is 0. The van der Waals surface area contributed by atoms with E-state index in [0.29, 0.717) is 0 Å². The molecule has 4 rings (SSSR count). The maximum absolute atomic E-state index is 6.02. The van der Waals surface area contributed by atoms with Gasteiger partial charge in [0.05, 0.1) is 0 Å². The Labute approximate surface area is 162 Å². The molecule has 0 radical (unpaired) electrons. The Bertz CT molecular complexity index is 981. The fourth-order valence-corrected chi connectivity index (χ4v) is 3.79. The first-order valence-electron chi connectivity index (χ1n) is 9.54. The minimum atomic E-state index is -0.0670. The molecule has 0 unspecified atom stereocenters. The van der Waals surface area contributed by atoms with Gasteiger partial charge in [0.2, 0.25) is 0 Å². The van der Waals surface area contributed by atoms with Crippen LogP contribution in [0.4, 0.5) is 11.4 Å². The number of hydrogen-bond donors (Lipinski definition) is 1. The van der Waals surface area contributed by atoms with E-state index >= 15 is 0 Å². The lowest BCUT2D eigenvalue weighted by molar-refractivity contribution is 0.482. The molecule has 3 aromatic carbocycles. The van der Waals surface area contributed by atoms with Gasteiger partial charge in [0, 0.05) is 22.9 Å². The minimum absolute atomic E-state index is 0.0670. The highest BCUT2D eigenvalue weighted by Crippen LogP contribution is 2.47. The summed E-state index contributed by atoms with van der Waals surface area (Å²) in [5.74, 6) is 1.70. The molecule has 0 atom stereocenters. The largest absolute Gasteiger partial charge is 0.457 e. The molecule has 0 aromatic heterocycles. The average Bonchev–Trinajstić information content (AvgIpc) is 2.61. The lowest BCUT2D eigenvalue weighted by atomic mass is 9.72. The van der Waals surface area contributed by atoms with Crippen molar-refractivity contribution >= 4 is 11.4 Å². The van der Waals surface area contributed by atoms with Crippen molar-refractivity contribution in [1.29, 1.82) is 0 Å². The molecular weight excluding hydrogens is 330 g/mol. The van der Waals surface area contributed by atoms with Gasteiger partial charge >= 0.3 is 0 Å². The van der Waals surface area contributed by atoms with Crippen LogP contribution in [0.1, 0.15) is 51.3 Å². The zero-order valence-corrected chi connectivity index (χ0v) is 16.8. The molecule has 0 spiro atoms. The van der Waals surface area contributed by atoms with Crippen LogP contribution < -0.4 is 10.1 Å². The predicted octanol–water partition coefficient (Wildman–Crippen LogP) is 7.16. The van der Waals surface area contributed by atoms with Crippen LogP contribution in [0.2, 0.25) is 0 Å². The zero-order chi connectivity index (χ0) is 19.2. The summed E-state index contributed by atoms with van der Waals surface area (Å²) in [5, 5.41) is 3.62. The van der Waals surface area contributed by atoms with E-state index in [4.69, 9.17) is 4.74 Å². The van der Waals surface area contributed by atoms with Crippen molar-refractivity contribution in [3.05, 3.63) is 83.4 Å². The number of ether oxygens (including phenoxy) is 1. The second-order valence-corrected chi connectivity index (χ2v) is 8.88. The van der Waals surface area contributed by atoms with Crippen molar-refractivity contribution in [3.63, 3.8) is 0 Å². The van der Waals surface area contributed by atoms with E-state index in [1.165, 1.54) is 22.4 Å². The van der Waals surface area contributed by atoms with Crippen molar-refractivity contribution < 1.29 is 4.74 Å². The van der Waals surface area contributed by atoms with Gasteiger partial charge in [0.25, 0.3) is 0 Å². The number of hydrogen-bond acceptors (Lipinski definition) is 2. The molecule has 0 saturated carbocycles. The van der Waals surface area contributed by atoms with Crippen molar-refractivity contribution in [2.75, 3.05) is 5.32 Å². The molecule has 2 heteroatoms. The van der Waals surface area contributed by atoms with Crippen molar-refractivity contribution in [2.24, 2.45) is 0 Å². The van der Waals surface area contributed by atoms with Gasteiger partial charge in [0.1, 0.15) is 11.5 Å². The number of nitrogens with one attached hydrogen (secondary N) is 1. The van der Waals surface area contributed by atoms with Crippen molar-refractivity contribution in [3.8, 4) is 11.5 Å². The maximum atomic E-state index is 6.02. The van der Waals surface area contributed by atoms with E-state index in [2.05, 4.69) is 76.3 Å². The fourth-order valence-electron chi connectivity index (χ4n) is 3.79. The smallest absolute Gasteiger partial charge is 0.129 e. The van der Waals surface area contributed by atoms with E-state index in [-0.39, 0.29) is 10.8 Å². The third kappa shape index (κ3) is 3.21. The van der Waals surface area contributed by atoms with E-state index < -0.39 is 0 Å². The number of benzene rings is 3. The summed E-state index contributed by atoms with van der Waals surface area (Å²) in [6, 6.07) is 23.1. The van der Waals surface area contributed by atoms with Gasteiger partial charge in [-0.1, -0.05) is 71.0 Å². The topological polar surface area (TPSA) is 21.3 Å². The van der Waals surface area contributed by atoms with Crippen LogP contribution in [0.15, 0.2) is 66.7 Å². The third-order valence-electron chi connectivity index (χ3n) is 5.47. The van der Waals surface area contributed by atoms with Crippen LogP contribution in [-0.4, -0.2) is 0 Å². The van der Waals surface area contributed by atoms with Crippen LogP contribution in [0.5, 0.6) is 11.5 Å². The number of para-hydroxylation sites is 1. The highest BCUT2D eigenvalue weighted by atomic mass is 16.5. The van der Waals surface area contributed by atoms with Crippen LogP contribution in [-0.2, 0) is 10.8 Å². The van der Waals surface area contributed by atoms with Gasteiger partial charge in [-0.25, -0.2) is 0 Å². The first-order chi connectivity index (χ1) is 12.7. The van der Waals surface area contributed by atoms with Crippen molar-refractivity contribution in [1.82, 2.24) is 0 Å². The van der Waals surface area contributed by atoms with Gasteiger partial charge in [-0.3, -0.25) is 0 Å². The molecule has 0 fully saturated rings. The van der Waals surface area contributed by atoms with E-state index in [1.54, 1.807) is 0 Å². The first kappa shape index (κ1) is 17.7. The predicted molar refractivity (Wildman–Crippen MR) is 114 cm³/mol. The Morgan fingerprint density at radius 1 is 0.741 bits per heavy atom. The molecule has 0 bridgehead atoms. The Morgan fingerprint density at radius 3 is 2.19 bits per heavy atom. The average molecular weight is 357 g/mol. The molecular formula is C25H27NO. The summed E-state index contributed by atoms with van der Waals surface area (Å²) < 4.78 is 6.02. The lowest BCUT2D eigenvalue weighted by Crippen LogP contribution is -2.27. The molecule has 27 heavy (non-hydrogen) atoms. The normalized spacial score (nSPS) is 14.7. The van der Waals surface area contributed by atoms with Crippen LogP contribution in [0.3, 0.4) is 0 Å². The van der Waals surface area contributed by atoms with Gasteiger partial charge in [0.15, 0.2) is 0 Å². The summed E-state index contributed by atoms with van der Waals surface area (Å²) in [6.07, 6.45) is 0. The number of anilines is 2. The summed E-state index contributed by atoms with van der Waals surface area (Å²) in [4.78, 5) is 0. The fraction of sp³-hybridized carbons (Fsp3) is 0.280. The van der Waals surface area contributed by atoms with Gasteiger partial charge in [-0.05, 0) is 46.4 Å². The quantitative estimate of drug-likeness (QED) is 0.525. The summed E-state index contributed by atoms with van der Waals surface area (Å²) >= 11 is 0. The highest BCUT2D eigenvalue weighted by molar-refractivity contribution is 5.77. The third-order valence-corrected chi connectivity index (χ3v) is 5.47. The highest BCUT2D eigenvalue weighted by Gasteiger charge is 2.33. The summed E-state index contributed by atoms with van der Waals surface area (Å²) in [6.45, 7) is 11.4. The Kier molecular flexibility index (Phi) is 4.03. The minimum Gasteiger partial charge on any atom is -0.457 e. The Hall–Kier alpha value is -2.74. The van der Waals surface area contributed by atoms with Crippen LogP contribution >= 0.6 is 0 Å². The maximum Gasteiger partial charge on any atom is 0.129 e. The molecule has 0 saturated heterocycles. The summed E-state index contributed by atoms with van der Waals surface area (Å²) in [5.41, 5.74) is 6.37. The second-order valence-electron chi connectivity index (χ2n) is 8.88. The van der Waals surface area contributed by atoms with Gasteiger partial charge in [-0.15, -0.1) is 0 Å². The molecule has 3 aromatic rings. The molecule has 138 valence electrons. The SMILES string of the molecule is CC(C)(C)c1ccc2c(c1)C(C)(C)c1ccc(Oc3ccccc3)cc1N2. The molecule has 0 amide bonds. The monoisotopic (exact) mass is 357 g/mol. The Morgan fingerprint density at radius 2 is 1.48 bits per heavy atom. The second kappa shape index (κ2) is 6.16. The molecule has 1 heterocycles. The molecule has 1 N–H and O–H groups in total. The van der Waals surface area contributed by atoms with E-state index in [9.17, 15) is 0 Å². The first-order valence-corrected chi connectivity index (χ1v) is 9.54. The molecule has 2 nitrogen and oxygen atoms in total. The van der Waals surface area contributed by atoms with Gasteiger partial charge in [-0.2, -0.15) is 0 Å². The van der Waals surface area contributed by atoms with E-state index in [1.807, 2.05) is 30.3 Å². The zero-order valence-electron chi connectivity index (χ0n) is 16.8. The van der Waals surface area contributed by atoms with Gasteiger partial charge < -0.3 is 10.1 Å². The van der Waals surface area contributed by atoms with Crippen molar-refractivity contribution in [2.45, 2.75) is 45.4 Å². The molecule has 1 aliphatic rings. The van der Waals surface area contributed by atoms with Crippen LogP contribution in [0, 0.1) is 0 Å². The Balaban J connectivity index is 1.73. The number of fused-ring (bicyclic) bond motifs is 2. The van der Waals surface area contributed by atoms with Crippen LogP contribution in [0.25, 0.3) is 0 Å². The standard InChI is InChI=1S/C25H27NO/c1-24(2,3)17-11-14-22-21(15-17)25(4,5)20-13-12-19(16-23(20)26-22)27-18-9-7-6-8-10-18/h6-16,26H,1-5H3. The molecule has 0 aliphatic carbocycles. The van der Waals surface area contributed by atoms with E-state index in [0.717, 1.165) is 17.2 Å².